The first-order valence-corrected chi connectivity index (χ1v) is 7.44. The number of aliphatic hydroxyl groups is 1. The highest BCUT2D eigenvalue weighted by Gasteiger charge is 2.35. The third kappa shape index (κ3) is 2.29. The highest BCUT2D eigenvalue weighted by Crippen LogP contribution is 2.35. The van der Waals surface area contributed by atoms with Crippen LogP contribution in [0, 0.1) is 5.92 Å². The zero-order chi connectivity index (χ0) is 14.2. The van der Waals surface area contributed by atoms with E-state index in [1.54, 1.807) is 0 Å². The Hall–Kier alpha value is -1.55. The lowest BCUT2D eigenvalue weighted by Gasteiger charge is -2.39. The number of para-hydroxylation sites is 2. The van der Waals surface area contributed by atoms with Crippen LogP contribution >= 0.6 is 0 Å². The number of rotatable bonds is 3. The monoisotopic (exact) mass is 273 g/mol. The first-order valence-electron chi connectivity index (χ1n) is 7.44. The van der Waals surface area contributed by atoms with Gasteiger partial charge in [-0.1, -0.05) is 31.9 Å². The van der Waals surface area contributed by atoms with Crippen LogP contribution in [0.25, 0.3) is 11.0 Å². The Bertz CT molecular complexity index is 607. The molecule has 1 heterocycles. The predicted octanol–water partition coefficient (Wildman–Crippen LogP) is 2.93. The Morgan fingerprint density at radius 3 is 2.95 bits per heavy atom. The van der Waals surface area contributed by atoms with Crippen LogP contribution in [0.4, 0.5) is 5.95 Å². The van der Waals surface area contributed by atoms with E-state index in [4.69, 9.17) is 0 Å². The largest absolute Gasteiger partial charge is 0.394 e. The zero-order valence-corrected chi connectivity index (χ0v) is 12.3. The molecular weight excluding hydrogens is 250 g/mol. The van der Waals surface area contributed by atoms with Crippen molar-refractivity contribution in [2.75, 3.05) is 11.9 Å². The first kappa shape index (κ1) is 13.4. The van der Waals surface area contributed by atoms with Gasteiger partial charge in [0.25, 0.3) is 0 Å². The standard InChI is InChI=1S/C16H23N3O/c1-12-6-5-9-16(10-12,11-20)18-15-17-13-7-3-4-8-14(13)19(15)2/h3-4,7-8,12,20H,5-6,9-11H2,1-2H3,(H,17,18). The van der Waals surface area contributed by atoms with E-state index in [0.29, 0.717) is 5.92 Å². The van der Waals surface area contributed by atoms with Crippen molar-refractivity contribution in [3.05, 3.63) is 24.3 Å². The highest BCUT2D eigenvalue weighted by molar-refractivity contribution is 5.78. The van der Waals surface area contributed by atoms with E-state index < -0.39 is 0 Å². The molecule has 1 aliphatic carbocycles. The Morgan fingerprint density at radius 1 is 1.45 bits per heavy atom. The molecule has 3 rings (SSSR count). The second-order valence-corrected chi connectivity index (χ2v) is 6.25. The van der Waals surface area contributed by atoms with E-state index in [1.807, 2.05) is 25.2 Å². The van der Waals surface area contributed by atoms with Gasteiger partial charge in [-0.05, 0) is 30.9 Å². The maximum atomic E-state index is 9.89. The Balaban J connectivity index is 1.93. The van der Waals surface area contributed by atoms with Crippen molar-refractivity contribution in [3.8, 4) is 0 Å². The first-order chi connectivity index (χ1) is 9.63. The summed E-state index contributed by atoms with van der Waals surface area (Å²) < 4.78 is 2.08. The number of anilines is 1. The van der Waals surface area contributed by atoms with Crippen LogP contribution in [-0.4, -0.2) is 26.8 Å². The molecule has 1 saturated carbocycles. The van der Waals surface area contributed by atoms with Crippen LogP contribution in [0.1, 0.15) is 32.6 Å². The number of aromatic nitrogens is 2. The summed E-state index contributed by atoms with van der Waals surface area (Å²) in [6.07, 6.45) is 4.44. The molecule has 0 bridgehead atoms. The minimum Gasteiger partial charge on any atom is -0.394 e. The number of aryl methyl sites for hydroxylation is 1. The smallest absolute Gasteiger partial charge is 0.204 e. The number of hydrogen-bond acceptors (Lipinski definition) is 3. The number of fused-ring (bicyclic) bond motifs is 1. The van der Waals surface area contributed by atoms with Crippen LogP contribution < -0.4 is 5.32 Å². The number of benzene rings is 1. The molecule has 0 amide bonds. The van der Waals surface area contributed by atoms with Gasteiger partial charge in [-0.15, -0.1) is 0 Å². The third-order valence-corrected chi connectivity index (χ3v) is 4.56. The van der Waals surface area contributed by atoms with Crippen molar-refractivity contribution in [1.29, 1.82) is 0 Å². The minimum absolute atomic E-state index is 0.167. The molecule has 108 valence electrons. The van der Waals surface area contributed by atoms with Gasteiger partial charge in [0.2, 0.25) is 5.95 Å². The lowest BCUT2D eigenvalue weighted by Crippen LogP contribution is -2.46. The normalized spacial score (nSPS) is 26.9. The Morgan fingerprint density at radius 2 is 2.25 bits per heavy atom. The summed E-state index contributed by atoms with van der Waals surface area (Å²) in [5.74, 6) is 1.51. The SMILES string of the molecule is CC1CCCC(CO)(Nc2nc3ccccc3n2C)C1. The van der Waals surface area contributed by atoms with Crippen LogP contribution in [0.2, 0.25) is 0 Å². The molecule has 0 radical (unpaired) electrons. The van der Waals surface area contributed by atoms with Gasteiger partial charge in [-0.3, -0.25) is 0 Å². The molecular formula is C16H23N3O. The Labute approximate surface area is 119 Å². The quantitative estimate of drug-likeness (QED) is 0.904. The maximum absolute atomic E-state index is 9.89. The molecule has 0 saturated heterocycles. The molecule has 0 spiro atoms. The third-order valence-electron chi connectivity index (χ3n) is 4.56. The van der Waals surface area contributed by atoms with Gasteiger partial charge in [0.1, 0.15) is 0 Å². The molecule has 1 fully saturated rings. The van der Waals surface area contributed by atoms with Gasteiger partial charge in [0.15, 0.2) is 0 Å². The van der Waals surface area contributed by atoms with Gasteiger partial charge in [-0.2, -0.15) is 0 Å². The predicted molar refractivity (Wildman–Crippen MR) is 81.8 cm³/mol. The average molecular weight is 273 g/mol. The summed E-state index contributed by atoms with van der Waals surface area (Å²) in [6, 6.07) is 8.13. The van der Waals surface area contributed by atoms with Gasteiger partial charge >= 0.3 is 0 Å². The van der Waals surface area contributed by atoms with Crippen molar-refractivity contribution in [3.63, 3.8) is 0 Å². The summed E-state index contributed by atoms with van der Waals surface area (Å²) >= 11 is 0. The Kier molecular flexibility index (Phi) is 3.42. The summed E-state index contributed by atoms with van der Waals surface area (Å²) in [7, 11) is 2.02. The number of hydrogen-bond donors (Lipinski definition) is 2. The van der Waals surface area contributed by atoms with Crippen LogP contribution in [0.15, 0.2) is 24.3 Å². The zero-order valence-electron chi connectivity index (χ0n) is 12.3. The molecule has 2 unspecified atom stereocenters. The average Bonchev–Trinajstić information content (AvgIpc) is 2.76. The van der Waals surface area contributed by atoms with E-state index in [0.717, 1.165) is 29.8 Å². The van der Waals surface area contributed by atoms with E-state index in [1.165, 1.54) is 12.8 Å². The molecule has 1 aromatic heterocycles. The van der Waals surface area contributed by atoms with Gasteiger partial charge in [0, 0.05) is 7.05 Å². The second kappa shape index (κ2) is 5.09. The lowest BCUT2D eigenvalue weighted by molar-refractivity contribution is 0.149. The summed E-state index contributed by atoms with van der Waals surface area (Å²) in [4.78, 5) is 4.67. The van der Waals surface area contributed by atoms with Crippen molar-refractivity contribution >= 4 is 17.0 Å². The number of imidazole rings is 1. The maximum Gasteiger partial charge on any atom is 0.204 e. The second-order valence-electron chi connectivity index (χ2n) is 6.25. The van der Waals surface area contributed by atoms with Crippen molar-refractivity contribution in [2.24, 2.45) is 13.0 Å². The minimum atomic E-state index is -0.215. The summed E-state index contributed by atoms with van der Waals surface area (Å²) in [5.41, 5.74) is 1.90. The van der Waals surface area contributed by atoms with Crippen molar-refractivity contribution in [2.45, 2.75) is 38.1 Å². The summed E-state index contributed by atoms with van der Waals surface area (Å²) in [5, 5.41) is 13.4. The highest BCUT2D eigenvalue weighted by atomic mass is 16.3. The molecule has 4 nitrogen and oxygen atoms in total. The van der Waals surface area contributed by atoms with Crippen LogP contribution in [0.3, 0.4) is 0 Å². The fraction of sp³-hybridized carbons (Fsp3) is 0.562. The van der Waals surface area contributed by atoms with E-state index in [9.17, 15) is 5.11 Å². The van der Waals surface area contributed by atoms with E-state index in [2.05, 4.69) is 27.9 Å². The topological polar surface area (TPSA) is 50.1 Å². The lowest BCUT2D eigenvalue weighted by atomic mass is 9.77. The van der Waals surface area contributed by atoms with Crippen LogP contribution in [-0.2, 0) is 7.05 Å². The molecule has 1 aliphatic rings. The summed E-state index contributed by atoms with van der Waals surface area (Å²) in [6.45, 7) is 2.43. The molecule has 1 aromatic carbocycles. The molecule has 4 heteroatoms. The fourth-order valence-corrected chi connectivity index (χ4v) is 3.45. The van der Waals surface area contributed by atoms with Gasteiger partial charge < -0.3 is 15.0 Å². The molecule has 2 N–H and O–H groups in total. The van der Waals surface area contributed by atoms with E-state index in [-0.39, 0.29) is 12.1 Å². The number of aliphatic hydroxyl groups excluding tert-OH is 1. The van der Waals surface area contributed by atoms with E-state index >= 15 is 0 Å². The van der Waals surface area contributed by atoms with Crippen molar-refractivity contribution in [1.82, 2.24) is 9.55 Å². The molecule has 0 aliphatic heterocycles. The van der Waals surface area contributed by atoms with Gasteiger partial charge in [0.05, 0.1) is 23.2 Å². The van der Waals surface area contributed by atoms with Crippen molar-refractivity contribution < 1.29 is 5.11 Å². The van der Waals surface area contributed by atoms with Gasteiger partial charge in [-0.25, -0.2) is 4.98 Å². The molecule has 20 heavy (non-hydrogen) atoms. The number of nitrogens with one attached hydrogen (secondary N) is 1. The molecule has 2 aromatic rings. The molecule has 2 atom stereocenters. The number of nitrogens with zero attached hydrogens (tertiary/aromatic N) is 2. The fourth-order valence-electron chi connectivity index (χ4n) is 3.45. The van der Waals surface area contributed by atoms with Crippen LogP contribution in [0.5, 0.6) is 0 Å².